The Kier molecular flexibility index (Phi) is 5.21. The largest absolute Gasteiger partial charge is 0.387 e. The minimum Gasteiger partial charge on any atom is -0.387 e. The van der Waals surface area contributed by atoms with Gasteiger partial charge in [-0.2, -0.15) is 5.54 Å². The van der Waals surface area contributed by atoms with Crippen LogP contribution in [0.5, 0.6) is 0 Å². The standard InChI is InChI=1S/C14H17FN4O/c1-14(2,3)6-5-12-17-8-10(9-18-12)11(16-4)7-13(20)19-15/h7-9,16H,1-4H3,(H,19,20)/b11-7-. The van der Waals surface area contributed by atoms with Crippen molar-refractivity contribution in [1.82, 2.24) is 20.8 Å². The first kappa shape index (κ1) is 15.6. The molecule has 20 heavy (non-hydrogen) atoms. The van der Waals surface area contributed by atoms with Crippen LogP contribution < -0.4 is 10.9 Å². The highest BCUT2D eigenvalue weighted by molar-refractivity contribution is 5.93. The molecule has 0 saturated carbocycles. The normalized spacial score (nSPS) is 11.3. The number of aromatic nitrogens is 2. The number of nitrogens with zero attached hydrogens (tertiary/aromatic N) is 2. The van der Waals surface area contributed by atoms with Crippen LogP contribution in [0.3, 0.4) is 0 Å². The van der Waals surface area contributed by atoms with Crippen molar-refractivity contribution in [3.63, 3.8) is 0 Å². The molecule has 0 unspecified atom stereocenters. The fourth-order valence-electron chi connectivity index (χ4n) is 1.23. The maximum atomic E-state index is 12.0. The fraction of sp³-hybridized carbons (Fsp3) is 0.357. The van der Waals surface area contributed by atoms with Crippen molar-refractivity contribution in [3.05, 3.63) is 29.9 Å². The van der Waals surface area contributed by atoms with E-state index in [0.717, 1.165) is 11.6 Å². The van der Waals surface area contributed by atoms with Gasteiger partial charge in [0.05, 0.1) is 0 Å². The molecule has 5 nitrogen and oxygen atoms in total. The van der Waals surface area contributed by atoms with Gasteiger partial charge in [0, 0.05) is 42.2 Å². The molecule has 1 amide bonds. The predicted molar refractivity (Wildman–Crippen MR) is 74.7 cm³/mol. The van der Waals surface area contributed by atoms with Crippen LogP contribution in [0.1, 0.15) is 32.2 Å². The lowest BCUT2D eigenvalue weighted by molar-refractivity contribution is -0.120. The van der Waals surface area contributed by atoms with Crippen molar-refractivity contribution in [1.29, 1.82) is 0 Å². The third-order valence-electron chi connectivity index (χ3n) is 2.15. The van der Waals surface area contributed by atoms with Crippen LogP contribution in [0.15, 0.2) is 18.5 Å². The molecule has 0 fully saturated rings. The Labute approximate surface area is 117 Å². The maximum absolute atomic E-state index is 12.0. The topological polar surface area (TPSA) is 66.9 Å². The van der Waals surface area contributed by atoms with Gasteiger partial charge in [-0.05, 0) is 26.7 Å². The van der Waals surface area contributed by atoms with Crippen molar-refractivity contribution < 1.29 is 9.28 Å². The molecule has 1 aromatic heterocycles. The molecule has 6 heteroatoms. The summed E-state index contributed by atoms with van der Waals surface area (Å²) in [5.74, 6) is 5.43. The van der Waals surface area contributed by atoms with Crippen LogP contribution >= 0.6 is 0 Å². The highest BCUT2D eigenvalue weighted by Gasteiger charge is 2.06. The summed E-state index contributed by atoms with van der Waals surface area (Å²) in [6.45, 7) is 5.98. The number of halogens is 1. The molecule has 0 saturated heterocycles. The molecular formula is C14H17FN4O. The molecule has 0 aromatic carbocycles. The number of rotatable bonds is 3. The molecule has 106 valence electrons. The molecule has 0 spiro atoms. The fourth-order valence-corrected chi connectivity index (χ4v) is 1.23. The van der Waals surface area contributed by atoms with Crippen molar-refractivity contribution in [2.45, 2.75) is 20.8 Å². The molecule has 0 aliphatic heterocycles. The summed E-state index contributed by atoms with van der Waals surface area (Å²) in [6.07, 6.45) is 4.13. The van der Waals surface area contributed by atoms with Crippen LogP contribution in [0, 0.1) is 17.3 Å². The smallest absolute Gasteiger partial charge is 0.273 e. The molecule has 0 atom stereocenters. The van der Waals surface area contributed by atoms with Crippen LogP contribution in [-0.4, -0.2) is 22.9 Å². The summed E-state index contributed by atoms with van der Waals surface area (Å²) < 4.78 is 12.0. The lowest BCUT2D eigenvalue weighted by Crippen LogP contribution is -2.14. The molecule has 1 aromatic rings. The Hall–Kier alpha value is -2.42. The average molecular weight is 276 g/mol. The van der Waals surface area contributed by atoms with E-state index in [2.05, 4.69) is 27.1 Å². The van der Waals surface area contributed by atoms with E-state index in [-0.39, 0.29) is 5.41 Å². The first-order valence-electron chi connectivity index (χ1n) is 6.01. The van der Waals surface area contributed by atoms with Gasteiger partial charge in [0.2, 0.25) is 5.82 Å². The molecule has 0 bridgehead atoms. The minimum atomic E-state index is -0.856. The number of carbonyl (C=O) groups is 1. The number of carbonyl (C=O) groups excluding carboxylic acids is 1. The summed E-state index contributed by atoms with van der Waals surface area (Å²) in [6, 6.07) is 0. The van der Waals surface area contributed by atoms with E-state index >= 15 is 0 Å². The van der Waals surface area contributed by atoms with E-state index < -0.39 is 5.91 Å². The van der Waals surface area contributed by atoms with Gasteiger partial charge in [-0.25, -0.2) is 9.97 Å². The van der Waals surface area contributed by atoms with Crippen molar-refractivity contribution in [3.8, 4) is 11.8 Å². The van der Waals surface area contributed by atoms with Gasteiger partial charge < -0.3 is 5.32 Å². The second-order valence-electron chi connectivity index (χ2n) is 5.06. The van der Waals surface area contributed by atoms with Crippen molar-refractivity contribution >= 4 is 11.6 Å². The number of amides is 1. The van der Waals surface area contributed by atoms with Gasteiger partial charge in [-0.15, -0.1) is 0 Å². The Balaban J connectivity index is 2.97. The average Bonchev–Trinajstić information content (AvgIpc) is 2.42. The Morgan fingerprint density at radius 3 is 2.40 bits per heavy atom. The first-order chi connectivity index (χ1) is 9.35. The Morgan fingerprint density at radius 2 is 1.95 bits per heavy atom. The summed E-state index contributed by atoms with van der Waals surface area (Å²) in [7, 11) is 1.62. The summed E-state index contributed by atoms with van der Waals surface area (Å²) in [5.41, 5.74) is 1.88. The highest BCUT2D eigenvalue weighted by atomic mass is 19.2. The molecule has 0 aliphatic rings. The third-order valence-corrected chi connectivity index (χ3v) is 2.15. The highest BCUT2D eigenvalue weighted by Crippen LogP contribution is 2.11. The first-order valence-corrected chi connectivity index (χ1v) is 6.01. The Morgan fingerprint density at radius 1 is 1.35 bits per heavy atom. The van der Waals surface area contributed by atoms with E-state index in [1.54, 1.807) is 7.05 Å². The van der Waals surface area contributed by atoms with Gasteiger partial charge in [-0.1, -0.05) is 10.4 Å². The quantitative estimate of drug-likeness (QED) is 0.498. The zero-order chi connectivity index (χ0) is 15.2. The van der Waals surface area contributed by atoms with E-state index in [1.165, 1.54) is 12.4 Å². The van der Waals surface area contributed by atoms with Gasteiger partial charge in [0.1, 0.15) is 0 Å². The van der Waals surface area contributed by atoms with Crippen LogP contribution in [0.2, 0.25) is 0 Å². The number of hydrogen-bond donors (Lipinski definition) is 2. The lowest BCUT2D eigenvalue weighted by atomic mass is 9.98. The SMILES string of the molecule is CN/C(=C\C(=O)NF)c1cnc(C#CC(C)(C)C)nc1. The van der Waals surface area contributed by atoms with E-state index in [1.807, 2.05) is 20.8 Å². The predicted octanol–water partition coefficient (Wildman–Crippen LogP) is 1.44. The van der Waals surface area contributed by atoms with Crippen LogP contribution in [0.4, 0.5) is 4.48 Å². The molecule has 1 rings (SSSR count). The minimum absolute atomic E-state index is 0.128. The van der Waals surface area contributed by atoms with Crippen molar-refractivity contribution in [2.24, 2.45) is 5.41 Å². The van der Waals surface area contributed by atoms with E-state index in [0.29, 0.717) is 17.1 Å². The van der Waals surface area contributed by atoms with Gasteiger partial charge in [0.15, 0.2) is 0 Å². The zero-order valence-electron chi connectivity index (χ0n) is 11.9. The van der Waals surface area contributed by atoms with Crippen LogP contribution in [-0.2, 0) is 4.79 Å². The molecule has 2 N–H and O–H groups in total. The molecular weight excluding hydrogens is 259 g/mol. The van der Waals surface area contributed by atoms with Crippen molar-refractivity contribution in [2.75, 3.05) is 7.05 Å². The summed E-state index contributed by atoms with van der Waals surface area (Å²) in [5, 5.41) is 2.78. The van der Waals surface area contributed by atoms with Gasteiger partial charge in [0.25, 0.3) is 5.91 Å². The maximum Gasteiger partial charge on any atom is 0.273 e. The molecule has 0 radical (unpaired) electrons. The lowest BCUT2D eigenvalue weighted by Gasteiger charge is -2.07. The second kappa shape index (κ2) is 6.66. The summed E-state index contributed by atoms with van der Waals surface area (Å²) in [4.78, 5) is 19.2. The second-order valence-corrected chi connectivity index (χ2v) is 5.06. The number of hydrogen-bond acceptors (Lipinski definition) is 4. The van der Waals surface area contributed by atoms with Gasteiger partial charge >= 0.3 is 0 Å². The van der Waals surface area contributed by atoms with E-state index in [9.17, 15) is 9.28 Å². The zero-order valence-corrected chi connectivity index (χ0v) is 11.9. The Bertz CT molecular complexity index is 562. The number of nitrogens with one attached hydrogen (secondary N) is 2. The summed E-state index contributed by atoms with van der Waals surface area (Å²) >= 11 is 0. The molecule has 1 heterocycles. The molecule has 0 aliphatic carbocycles. The third kappa shape index (κ3) is 5.06. The monoisotopic (exact) mass is 276 g/mol. The van der Waals surface area contributed by atoms with Crippen LogP contribution in [0.25, 0.3) is 5.70 Å². The van der Waals surface area contributed by atoms with E-state index in [4.69, 9.17) is 0 Å². The van der Waals surface area contributed by atoms with Gasteiger partial charge in [-0.3, -0.25) is 4.79 Å².